The van der Waals surface area contributed by atoms with E-state index in [-0.39, 0.29) is 0 Å². The lowest BCUT2D eigenvalue weighted by molar-refractivity contribution is -0.445. The van der Waals surface area contributed by atoms with Gasteiger partial charge in [0.1, 0.15) is 5.69 Å². The van der Waals surface area contributed by atoms with Crippen LogP contribution in [0.5, 0.6) is 0 Å². The molecule has 0 saturated heterocycles. The quantitative estimate of drug-likeness (QED) is 0.490. The Morgan fingerprint density at radius 1 is 1.50 bits per heavy atom. The summed E-state index contributed by atoms with van der Waals surface area (Å²) in [6.07, 6.45) is 0. The van der Waals surface area contributed by atoms with Crippen LogP contribution in [0.4, 0.5) is 5.69 Å². The molecule has 51 valence electrons. The Kier molecular flexibility index (Phi) is 1.84. The molecule has 1 aromatic rings. The third kappa shape index (κ3) is 1.74. The van der Waals surface area contributed by atoms with Crippen LogP contribution in [-0.4, -0.2) is 5.03 Å². The van der Waals surface area contributed by atoms with E-state index in [0.717, 1.165) is 0 Å². The Bertz CT molecular complexity index is 222. The Balaban J connectivity index is 2.67. The van der Waals surface area contributed by atoms with Gasteiger partial charge >= 0.3 is 0 Å². The number of nitrogens with one attached hydrogen (secondary N) is 1. The maximum absolute atomic E-state index is 9.85. The molecule has 0 spiro atoms. The van der Waals surface area contributed by atoms with Gasteiger partial charge in [-0.25, -0.2) is 10.1 Å². The average molecular weight is 137 g/mol. The lowest BCUT2D eigenvalue weighted by Gasteiger charge is -1.92. The van der Waals surface area contributed by atoms with E-state index < -0.39 is 5.03 Å². The zero-order valence-electron chi connectivity index (χ0n) is 5.07. The van der Waals surface area contributed by atoms with Crippen LogP contribution >= 0.6 is 0 Å². The highest BCUT2D eigenvalue weighted by Crippen LogP contribution is 2.02. The molecular weight excluding hydrogens is 132 g/mol. The van der Waals surface area contributed by atoms with Gasteiger partial charge in [-0.1, -0.05) is 12.1 Å². The molecule has 0 amide bonds. The van der Waals surface area contributed by atoms with Gasteiger partial charge in [0.25, 0.3) is 0 Å². The average Bonchev–Trinajstić information content (AvgIpc) is 1.88. The van der Waals surface area contributed by atoms with Crippen molar-refractivity contribution in [1.29, 1.82) is 0 Å². The maximum Gasteiger partial charge on any atom is 0.162 e. The normalized spacial score (nSPS) is 8.80. The molecule has 1 aromatic carbocycles. The first-order valence-electron chi connectivity index (χ1n) is 2.66. The van der Waals surface area contributed by atoms with E-state index in [0.29, 0.717) is 5.69 Å². The largest absolute Gasteiger partial charge is 0.235 e. The van der Waals surface area contributed by atoms with Crippen LogP contribution in [0, 0.1) is 16.2 Å². The van der Waals surface area contributed by atoms with Crippen LogP contribution in [-0.2, 0) is 0 Å². The van der Waals surface area contributed by atoms with E-state index in [1.165, 1.54) is 0 Å². The van der Waals surface area contributed by atoms with E-state index in [2.05, 4.69) is 6.07 Å². The first-order valence-corrected chi connectivity index (χ1v) is 2.66. The standard InChI is InChI=1S/C6H5N2O2/c9-8(10)7-6-4-2-1-3-5-6/h2-5,7H. The predicted molar refractivity (Wildman–Crippen MR) is 35.9 cm³/mol. The van der Waals surface area contributed by atoms with Crippen molar-refractivity contribution in [2.75, 3.05) is 5.43 Å². The minimum absolute atomic E-state index is 0.462. The lowest BCUT2D eigenvalue weighted by Crippen LogP contribution is -2.06. The Hall–Kier alpha value is -1.58. The molecule has 0 heterocycles. The minimum atomic E-state index is -0.602. The number of hydrazine groups is 1. The molecule has 1 N–H and O–H groups in total. The van der Waals surface area contributed by atoms with Crippen LogP contribution in [0.2, 0.25) is 0 Å². The van der Waals surface area contributed by atoms with Gasteiger partial charge in [0.15, 0.2) is 5.03 Å². The van der Waals surface area contributed by atoms with Crippen LogP contribution in [0.1, 0.15) is 0 Å². The fraction of sp³-hybridized carbons (Fsp3) is 0. The molecule has 0 aliphatic carbocycles. The highest BCUT2D eigenvalue weighted by Gasteiger charge is 1.93. The Morgan fingerprint density at radius 3 is 2.60 bits per heavy atom. The first-order chi connectivity index (χ1) is 4.79. The second-order valence-electron chi connectivity index (χ2n) is 1.66. The first kappa shape index (κ1) is 6.54. The van der Waals surface area contributed by atoms with E-state index in [1.807, 2.05) is 5.43 Å². The van der Waals surface area contributed by atoms with E-state index in [9.17, 15) is 10.1 Å². The van der Waals surface area contributed by atoms with Gasteiger partial charge in [0.2, 0.25) is 0 Å². The molecule has 0 aliphatic rings. The van der Waals surface area contributed by atoms with Crippen molar-refractivity contribution in [2.45, 2.75) is 0 Å². The lowest BCUT2D eigenvalue weighted by atomic mass is 10.3. The molecule has 0 unspecified atom stereocenters. The summed E-state index contributed by atoms with van der Waals surface area (Å²) in [6.45, 7) is 0. The molecule has 0 aromatic heterocycles. The number of hydrogen-bond donors (Lipinski definition) is 1. The van der Waals surface area contributed by atoms with Crippen molar-refractivity contribution in [3.63, 3.8) is 0 Å². The van der Waals surface area contributed by atoms with Gasteiger partial charge in [-0.05, 0) is 18.2 Å². The third-order valence-electron chi connectivity index (χ3n) is 0.939. The van der Waals surface area contributed by atoms with Gasteiger partial charge in [-0.2, -0.15) is 0 Å². The van der Waals surface area contributed by atoms with Gasteiger partial charge in [-0.3, -0.25) is 0 Å². The summed E-state index contributed by atoms with van der Waals surface area (Å²) < 4.78 is 0. The summed E-state index contributed by atoms with van der Waals surface area (Å²) in [5.74, 6) is 0. The number of hydrogen-bond acceptors (Lipinski definition) is 2. The number of anilines is 1. The smallest absolute Gasteiger partial charge is 0.162 e. The summed E-state index contributed by atoms with van der Waals surface area (Å²) in [7, 11) is 0. The highest BCUT2D eigenvalue weighted by molar-refractivity contribution is 5.39. The van der Waals surface area contributed by atoms with Crippen molar-refractivity contribution in [1.82, 2.24) is 0 Å². The number of nitro groups is 1. The Labute approximate surface area is 57.6 Å². The minimum Gasteiger partial charge on any atom is -0.235 e. The predicted octanol–water partition coefficient (Wildman–Crippen LogP) is 1.09. The second kappa shape index (κ2) is 2.82. The molecule has 4 nitrogen and oxygen atoms in total. The van der Waals surface area contributed by atoms with Crippen molar-refractivity contribution in [3.8, 4) is 0 Å². The van der Waals surface area contributed by atoms with Gasteiger partial charge in [-0.15, -0.1) is 5.43 Å². The van der Waals surface area contributed by atoms with Crippen molar-refractivity contribution >= 4 is 5.69 Å². The van der Waals surface area contributed by atoms with E-state index in [4.69, 9.17) is 0 Å². The van der Waals surface area contributed by atoms with Gasteiger partial charge in [0, 0.05) is 0 Å². The van der Waals surface area contributed by atoms with Gasteiger partial charge in [0.05, 0.1) is 0 Å². The SMILES string of the molecule is O=[N+]([O-])Nc1cc[c]cc1. The van der Waals surface area contributed by atoms with Crippen molar-refractivity contribution in [2.24, 2.45) is 0 Å². The monoisotopic (exact) mass is 137 g/mol. The summed E-state index contributed by atoms with van der Waals surface area (Å²) in [5.41, 5.74) is 2.47. The molecule has 1 radical (unpaired) electrons. The number of nitrogens with zero attached hydrogens (tertiary/aromatic N) is 1. The molecular formula is C6H5N2O2. The van der Waals surface area contributed by atoms with Gasteiger partial charge < -0.3 is 0 Å². The summed E-state index contributed by atoms with van der Waals surface area (Å²) >= 11 is 0. The molecule has 0 aliphatic heterocycles. The highest BCUT2D eigenvalue weighted by atomic mass is 16.7. The molecule has 0 saturated carbocycles. The zero-order valence-corrected chi connectivity index (χ0v) is 5.07. The molecule has 0 atom stereocenters. The van der Waals surface area contributed by atoms with Crippen LogP contribution in [0.25, 0.3) is 0 Å². The summed E-state index contributed by atoms with van der Waals surface area (Å²) in [4.78, 5) is 9.85. The fourth-order valence-corrected chi connectivity index (χ4v) is 0.567. The number of rotatable bonds is 2. The molecule has 0 fully saturated rings. The van der Waals surface area contributed by atoms with Crippen LogP contribution in [0.3, 0.4) is 0 Å². The van der Waals surface area contributed by atoms with Crippen LogP contribution < -0.4 is 5.43 Å². The molecule has 10 heavy (non-hydrogen) atoms. The zero-order chi connectivity index (χ0) is 7.40. The third-order valence-corrected chi connectivity index (χ3v) is 0.939. The summed E-state index contributed by atoms with van der Waals surface area (Å²) in [6, 6.07) is 9.09. The van der Waals surface area contributed by atoms with Crippen molar-refractivity contribution in [3.05, 3.63) is 40.4 Å². The Morgan fingerprint density at radius 2 is 2.10 bits per heavy atom. The topological polar surface area (TPSA) is 55.2 Å². The number of benzene rings is 1. The maximum atomic E-state index is 9.85. The fourth-order valence-electron chi connectivity index (χ4n) is 0.567. The molecule has 0 bridgehead atoms. The van der Waals surface area contributed by atoms with E-state index in [1.54, 1.807) is 24.3 Å². The molecule has 1 rings (SSSR count). The summed E-state index contributed by atoms with van der Waals surface area (Å²) in [5, 5.41) is 9.25. The van der Waals surface area contributed by atoms with E-state index >= 15 is 0 Å². The second-order valence-corrected chi connectivity index (χ2v) is 1.66. The van der Waals surface area contributed by atoms with Crippen molar-refractivity contribution < 1.29 is 5.03 Å². The molecule has 4 heteroatoms. The van der Waals surface area contributed by atoms with Crippen LogP contribution in [0.15, 0.2) is 24.3 Å².